The van der Waals surface area contributed by atoms with Crippen LogP contribution in [0.4, 0.5) is 10.2 Å². The van der Waals surface area contributed by atoms with Crippen LogP contribution in [-0.4, -0.2) is 43.1 Å². The molecule has 1 saturated heterocycles. The Morgan fingerprint density at radius 3 is 2.67 bits per heavy atom. The average Bonchev–Trinajstić information content (AvgIpc) is 2.39. The largest absolute Gasteiger partial charge is 0.354 e. The Labute approximate surface area is 108 Å². The molecule has 0 aliphatic carbocycles. The molecule has 0 radical (unpaired) electrons. The minimum atomic E-state index is -0.261. The van der Waals surface area contributed by atoms with Crippen molar-refractivity contribution in [2.24, 2.45) is 5.73 Å². The summed E-state index contributed by atoms with van der Waals surface area (Å²) in [6.07, 6.45) is 3.72. The zero-order chi connectivity index (χ0) is 13.1. The lowest BCUT2D eigenvalue weighted by molar-refractivity contribution is 0.249. The van der Waals surface area contributed by atoms with Crippen LogP contribution in [0.25, 0.3) is 0 Å². The maximum Gasteiger partial charge on any atom is 0.170 e. The second-order valence-corrected chi connectivity index (χ2v) is 4.99. The summed E-state index contributed by atoms with van der Waals surface area (Å²) in [4.78, 5) is 8.42. The smallest absolute Gasteiger partial charge is 0.170 e. The van der Waals surface area contributed by atoms with Gasteiger partial charge in [-0.2, -0.15) is 0 Å². The lowest BCUT2D eigenvalue weighted by atomic mass is 10.0. The molecule has 4 nitrogen and oxygen atoms in total. The molecule has 18 heavy (non-hydrogen) atoms. The van der Waals surface area contributed by atoms with Crippen LogP contribution in [0.2, 0.25) is 0 Å². The van der Waals surface area contributed by atoms with Gasteiger partial charge < -0.3 is 15.5 Å². The van der Waals surface area contributed by atoms with E-state index in [1.165, 1.54) is 0 Å². The summed E-state index contributed by atoms with van der Waals surface area (Å²) in [5.41, 5.74) is 6.05. The number of nitrogens with two attached hydrogens (primary N) is 1. The van der Waals surface area contributed by atoms with E-state index in [9.17, 15) is 4.39 Å². The van der Waals surface area contributed by atoms with Crippen molar-refractivity contribution < 1.29 is 4.39 Å². The van der Waals surface area contributed by atoms with Gasteiger partial charge in [-0.3, -0.25) is 0 Å². The summed E-state index contributed by atoms with van der Waals surface area (Å²) in [5.74, 6) is 0.193. The maximum atomic E-state index is 14.1. The van der Waals surface area contributed by atoms with Gasteiger partial charge in [-0.15, -0.1) is 0 Å². The fourth-order valence-electron chi connectivity index (χ4n) is 2.44. The molecule has 0 amide bonds. The van der Waals surface area contributed by atoms with Crippen molar-refractivity contribution in [1.82, 2.24) is 9.88 Å². The van der Waals surface area contributed by atoms with Crippen molar-refractivity contribution >= 4 is 5.82 Å². The Kier molecular flexibility index (Phi) is 4.14. The maximum absolute atomic E-state index is 14.1. The van der Waals surface area contributed by atoms with Gasteiger partial charge in [0.1, 0.15) is 0 Å². The van der Waals surface area contributed by atoms with Gasteiger partial charge in [-0.25, -0.2) is 9.37 Å². The molecule has 1 aliphatic heterocycles. The number of pyridine rings is 1. The molecule has 1 aromatic heterocycles. The number of rotatable bonds is 3. The van der Waals surface area contributed by atoms with E-state index in [1.807, 2.05) is 4.90 Å². The number of hydrogen-bond donors (Lipinski definition) is 1. The quantitative estimate of drug-likeness (QED) is 0.878. The third-order valence-electron chi connectivity index (χ3n) is 3.67. The van der Waals surface area contributed by atoms with Crippen molar-refractivity contribution in [3.63, 3.8) is 0 Å². The summed E-state index contributed by atoms with van der Waals surface area (Å²) >= 11 is 0. The molecular weight excluding hydrogens is 231 g/mol. The van der Waals surface area contributed by atoms with E-state index < -0.39 is 0 Å². The van der Waals surface area contributed by atoms with Crippen LogP contribution >= 0.6 is 0 Å². The topological polar surface area (TPSA) is 45.4 Å². The predicted octanol–water partition coefficient (Wildman–Crippen LogP) is 1.21. The standard InChI is InChI=1S/C13H21FN4/c1-17(2)11-4-7-18(8-5-11)13-12(14)10(9-15)3-6-16-13/h3,6,11H,4-5,7-9,15H2,1-2H3. The molecule has 5 heteroatoms. The molecule has 0 atom stereocenters. The second-order valence-electron chi connectivity index (χ2n) is 4.99. The monoisotopic (exact) mass is 252 g/mol. The van der Waals surface area contributed by atoms with Crippen LogP contribution in [0.15, 0.2) is 12.3 Å². The highest BCUT2D eigenvalue weighted by Crippen LogP contribution is 2.24. The average molecular weight is 252 g/mol. The van der Waals surface area contributed by atoms with Crippen molar-refractivity contribution in [2.75, 3.05) is 32.1 Å². The van der Waals surface area contributed by atoms with Gasteiger partial charge in [0.15, 0.2) is 11.6 Å². The van der Waals surface area contributed by atoms with Gasteiger partial charge in [-0.1, -0.05) is 0 Å². The molecule has 0 bridgehead atoms. The van der Waals surface area contributed by atoms with E-state index >= 15 is 0 Å². The highest BCUT2D eigenvalue weighted by Gasteiger charge is 2.23. The molecule has 2 N–H and O–H groups in total. The van der Waals surface area contributed by atoms with Gasteiger partial charge in [0.25, 0.3) is 0 Å². The summed E-state index contributed by atoms with van der Waals surface area (Å²) in [6.45, 7) is 1.91. The number of halogens is 1. The highest BCUT2D eigenvalue weighted by atomic mass is 19.1. The Bertz CT molecular complexity index is 400. The molecule has 0 saturated carbocycles. The second kappa shape index (κ2) is 5.63. The zero-order valence-electron chi connectivity index (χ0n) is 11.1. The molecule has 2 rings (SSSR count). The van der Waals surface area contributed by atoms with Gasteiger partial charge in [0.05, 0.1) is 0 Å². The first-order valence-electron chi connectivity index (χ1n) is 6.38. The van der Waals surface area contributed by atoms with Crippen molar-refractivity contribution in [2.45, 2.75) is 25.4 Å². The first kappa shape index (κ1) is 13.2. The lowest BCUT2D eigenvalue weighted by Gasteiger charge is -2.36. The number of piperidine rings is 1. The predicted molar refractivity (Wildman–Crippen MR) is 71.0 cm³/mol. The fourth-order valence-corrected chi connectivity index (χ4v) is 2.44. The van der Waals surface area contributed by atoms with Crippen molar-refractivity contribution in [3.05, 3.63) is 23.6 Å². The van der Waals surface area contributed by atoms with Crippen LogP contribution in [-0.2, 0) is 6.54 Å². The molecular formula is C13H21FN4. The summed E-state index contributed by atoms with van der Waals surface area (Å²) < 4.78 is 14.1. The van der Waals surface area contributed by atoms with E-state index in [1.54, 1.807) is 12.3 Å². The van der Waals surface area contributed by atoms with Crippen molar-refractivity contribution in [1.29, 1.82) is 0 Å². The number of anilines is 1. The van der Waals surface area contributed by atoms with Crippen LogP contribution in [0, 0.1) is 5.82 Å². The highest BCUT2D eigenvalue weighted by molar-refractivity contribution is 5.43. The minimum Gasteiger partial charge on any atom is -0.354 e. The Morgan fingerprint density at radius 1 is 1.44 bits per heavy atom. The number of nitrogens with zero attached hydrogens (tertiary/aromatic N) is 3. The SMILES string of the molecule is CN(C)C1CCN(c2nccc(CN)c2F)CC1. The molecule has 1 aliphatic rings. The number of hydrogen-bond acceptors (Lipinski definition) is 4. The minimum absolute atomic E-state index is 0.218. The van der Waals surface area contributed by atoms with E-state index in [0.29, 0.717) is 17.4 Å². The van der Waals surface area contributed by atoms with E-state index in [-0.39, 0.29) is 12.4 Å². The molecule has 0 aromatic carbocycles. The van der Waals surface area contributed by atoms with Crippen LogP contribution in [0.3, 0.4) is 0 Å². The zero-order valence-corrected chi connectivity index (χ0v) is 11.1. The first-order valence-corrected chi connectivity index (χ1v) is 6.38. The van der Waals surface area contributed by atoms with Gasteiger partial charge in [-0.05, 0) is 33.0 Å². The fraction of sp³-hybridized carbons (Fsp3) is 0.615. The summed E-state index contributed by atoms with van der Waals surface area (Å²) in [7, 11) is 4.18. The van der Waals surface area contributed by atoms with Crippen molar-refractivity contribution in [3.8, 4) is 0 Å². The van der Waals surface area contributed by atoms with E-state index in [4.69, 9.17) is 5.73 Å². The van der Waals surface area contributed by atoms with E-state index in [0.717, 1.165) is 25.9 Å². The molecule has 2 heterocycles. The molecule has 0 spiro atoms. The molecule has 100 valence electrons. The van der Waals surface area contributed by atoms with Crippen LogP contribution in [0.1, 0.15) is 18.4 Å². The third-order valence-corrected chi connectivity index (χ3v) is 3.67. The molecule has 0 unspecified atom stereocenters. The third kappa shape index (κ3) is 2.62. The van der Waals surface area contributed by atoms with E-state index in [2.05, 4.69) is 24.0 Å². The summed E-state index contributed by atoms with van der Waals surface area (Å²) in [5, 5.41) is 0. The van der Waals surface area contributed by atoms with Crippen LogP contribution < -0.4 is 10.6 Å². The summed E-state index contributed by atoms with van der Waals surface area (Å²) in [6, 6.07) is 2.23. The first-order chi connectivity index (χ1) is 8.63. The Morgan fingerprint density at radius 2 is 2.11 bits per heavy atom. The van der Waals surface area contributed by atoms with Gasteiger partial charge >= 0.3 is 0 Å². The van der Waals surface area contributed by atoms with Gasteiger partial charge in [0, 0.05) is 37.4 Å². The normalized spacial score (nSPS) is 17.5. The van der Waals surface area contributed by atoms with Gasteiger partial charge in [0.2, 0.25) is 0 Å². The number of aromatic nitrogens is 1. The molecule has 1 aromatic rings. The Hall–Kier alpha value is -1.20. The van der Waals surface area contributed by atoms with Crippen LogP contribution in [0.5, 0.6) is 0 Å². The Balaban J connectivity index is 2.10. The lowest BCUT2D eigenvalue weighted by Crippen LogP contribution is -2.42. The molecule has 1 fully saturated rings.